The summed E-state index contributed by atoms with van der Waals surface area (Å²) in [4.78, 5) is 31.0. The average molecular weight is 525 g/mol. The Hall–Kier alpha value is -4.52. The molecular weight excluding hydrogens is 503 g/mol. The van der Waals surface area contributed by atoms with Gasteiger partial charge in [-0.1, -0.05) is 6.07 Å². The van der Waals surface area contributed by atoms with E-state index in [1.807, 2.05) is 11.6 Å². The maximum Gasteiger partial charge on any atom is 0.405 e. The van der Waals surface area contributed by atoms with Crippen LogP contribution in [0.2, 0.25) is 0 Å². The van der Waals surface area contributed by atoms with Crippen molar-refractivity contribution in [2.75, 3.05) is 25.6 Å². The molecule has 5 rings (SSSR count). The molecule has 0 saturated carbocycles. The van der Waals surface area contributed by atoms with Crippen LogP contribution in [0.1, 0.15) is 5.82 Å². The number of nitrogens with zero attached hydrogens (tertiary/aromatic N) is 6. The summed E-state index contributed by atoms with van der Waals surface area (Å²) in [5.41, 5.74) is 2.17. The molecule has 2 N–H and O–H groups in total. The molecule has 5 aromatic rings. The quantitative estimate of drug-likeness (QED) is 0.332. The SMILES string of the molecule is COc1ccc(-n2c(=O)c(-c3ccc4nc(CCO)n(C)c4c3)nc3cnc(NCC(F)(F)F)nc32)cc1. The Balaban J connectivity index is 1.71. The molecule has 0 spiro atoms. The molecule has 13 heteroatoms. The van der Waals surface area contributed by atoms with Gasteiger partial charge in [0.25, 0.3) is 5.56 Å². The normalized spacial score (nSPS) is 11.8. The summed E-state index contributed by atoms with van der Waals surface area (Å²) >= 11 is 0. The molecule has 0 aliphatic rings. The maximum atomic E-state index is 13.8. The Bertz CT molecular complexity index is 1700. The van der Waals surface area contributed by atoms with Crippen LogP contribution in [0.25, 0.3) is 39.1 Å². The van der Waals surface area contributed by atoms with Gasteiger partial charge in [-0.25, -0.2) is 15.0 Å². The molecule has 196 valence electrons. The topological polar surface area (TPSA) is 120 Å². The zero-order valence-corrected chi connectivity index (χ0v) is 20.3. The van der Waals surface area contributed by atoms with Crippen molar-refractivity contribution in [1.29, 1.82) is 0 Å². The van der Waals surface area contributed by atoms with Crippen LogP contribution in [0.15, 0.2) is 53.5 Å². The van der Waals surface area contributed by atoms with E-state index < -0.39 is 18.3 Å². The Morgan fingerprint density at radius 3 is 2.50 bits per heavy atom. The molecule has 0 bridgehead atoms. The first-order valence-corrected chi connectivity index (χ1v) is 11.5. The molecule has 0 saturated heterocycles. The average Bonchev–Trinajstić information content (AvgIpc) is 3.21. The van der Waals surface area contributed by atoms with Crippen LogP contribution in [-0.4, -0.2) is 60.6 Å². The largest absolute Gasteiger partial charge is 0.497 e. The van der Waals surface area contributed by atoms with Crippen LogP contribution in [-0.2, 0) is 13.5 Å². The summed E-state index contributed by atoms with van der Waals surface area (Å²) in [6.07, 6.45) is -2.83. The number of hydrogen-bond acceptors (Lipinski definition) is 8. The molecule has 3 aromatic heterocycles. The Labute approximate surface area is 213 Å². The van der Waals surface area contributed by atoms with Gasteiger partial charge in [0.2, 0.25) is 5.95 Å². The zero-order valence-electron chi connectivity index (χ0n) is 20.3. The number of ether oxygens (including phenoxy) is 1. The molecule has 10 nitrogen and oxygen atoms in total. The van der Waals surface area contributed by atoms with Gasteiger partial charge in [-0.05, 0) is 36.4 Å². The summed E-state index contributed by atoms with van der Waals surface area (Å²) in [7, 11) is 3.32. The predicted molar refractivity (Wildman–Crippen MR) is 135 cm³/mol. The van der Waals surface area contributed by atoms with Gasteiger partial charge < -0.3 is 19.7 Å². The van der Waals surface area contributed by atoms with Gasteiger partial charge in [0.05, 0.1) is 36.6 Å². The number of alkyl halides is 3. The van der Waals surface area contributed by atoms with Gasteiger partial charge in [0.1, 0.15) is 29.3 Å². The highest BCUT2D eigenvalue weighted by Gasteiger charge is 2.27. The number of methoxy groups -OCH3 is 1. The van der Waals surface area contributed by atoms with Crippen LogP contribution in [0.3, 0.4) is 0 Å². The number of nitrogens with one attached hydrogen (secondary N) is 1. The molecule has 0 atom stereocenters. The van der Waals surface area contributed by atoms with Crippen LogP contribution in [0, 0.1) is 0 Å². The van der Waals surface area contributed by atoms with Gasteiger partial charge >= 0.3 is 6.18 Å². The fourth-order valence-corrected chi connectivity index (χ4v) is 4.11. The van der Waals surface area contributed by atoms with Crippen LogP contribution < -0.4 is 15.6 Å². The van der Waals surface area contributed by atoms with E-state index in [9.17, 15) is 23.1 Å². The minimum absolute atomic E-state index is 0.0374. The fraction of sp³-hybridized carbons (Fsp3) is 0.240. The molecule has 3 heterocycles. The first kappa shape index (κ1) is 25.1. The van der Waals surface area contributed by atoms with E-state index in [1.165, 1.54) is 17.9 Å². The van der Waals surface area contributed by atoms with Crippen molar-refractivity contribution < 1.29 is 23.0 Å². The third-order valence-electron chi connectivity index (χ3n) is 5.96. The number of benzene rings is 2. The second-order valence-corrected chi connectivity index (χ2v) is 8.43. The Morgan fingerprint density at radius 1 is 1.05 bits per heavy atom. The summed E-state index contributed by atoms with van der Waals surface area (Å²) in [6, 6.07) is 11.8. The zero-order chi connectivity index (χ0) is 27.0. The molecule has 0 radical (unpaired) electrons. The number of hydrogen-bond donors (Lipinski definition) is 2. The summed E-state index contributed by atoms with van der Waals surface area (Å²) in [6.45, 7) is -1.39. The smallest absolute Gasteiger partial charge is 0.405 e. The van der Waals surface area contributed by atoms with Crippen LogP contribution in [0.4, 0.5) is 19.1 Å². The number of aliphatic hydroxyl groups excluding tert-OH is 1. The second-order valence-electron chi connectivity index (χ2n) is 8.43. The van der Waals surface area contributed by atoms with Crippen LogP contribution >= 0.6 is 0 Å². The van der Waals surface area contributed by atoms with Gasteiger partial charge in [0, 0.05) is 19.0 Å². The Kier molecular flexibility index (Phi) is 6.45. The first-order valence-electron chi connectivity index (χ1n) is 11.5. The van der Waals surface area contributed by atoms with Crippen molar-refractivity contribution in [3.8, 4) is 22.7 Å². The monoisotopic (exact) mass is 525 g/mol. The number of rotatable bonds is 7. The molecule has 0 aliphatic carbocycles. The van der Waals surface area contributed by atoms with Crippen molar-refractivity contribution >= 4 is 28.1 Å². The lowest BCUT2D eigenvalue weighted by atomic mass is 10.1. The number of aryl methyl sites for hydroxylation is 1. The fourth-order valence-electron chi connectivity index (χ4n) is 4.11. The van der Waals surface area contributed by atoms with Crippen LogP contribution in [0.5, 0.6) is 5.75 Å². The minimum Gasteiger partial charge on any atom is -0.497 e. The third kappa shape index (κ3) is 4.75. The highest BCUT2D eigenvalue weighted by Crippen LogP contribution is 2.25. The van der Waals surface area contributed by atoms with E-state index in [2.05, 4.69) is 25.3 Å². The summed E-state index contributed by atoms with van der Waals surface area (Å²) < 4.78 is 46.5. The third-order valence-corrected chi connectivity index (χ3v) is 5.96. The number of imidazole rings is 1. The van der Waals surface area contributed by atoms with Crippen molar-refractivity contribution in [3.05, 3.63) is 64.8 Å². The van der Waals surface area contributed by atoms with E-state index in [0.29, 0.717) is 34.8 Å². The van der Waals surface area contributed by atoms with Gasteiger partial charge in [-0.2, -0.15) is 18.2 Å². The van der Waals surface area contributed by atoms with E-state index in [0.717, 1.165) is 5.52 Å². The molecule has 0 amide bonds. The number of halogens is 3. The second kappa shape index (κ2) is 9.74. The van der Waals surface area contributed by atoms with E-state index >= 15 is 0 Å². The van der Waals surface area contributed by atoms with E-state index in [-0.39, 0.29) is 29.4 Å². The molecular formula is C25H22F3N7O3. The lowest BCUT2D eigenvalue weighted by Crippen LogP contribution is -2.25. The summed E-state index contributed by atoms with van der Waals surface area (Å²) in [5.74, 6) is 0.954. The van der Waals surface area contributed by atoms with E-state index in [1.54, 1.807) is 42.5 Å². The van der Waals surface area contributed by atoms with Crippen molar-refractivity contribution in [2.24, 2.45) is 7.05 Å². The molecule has 2 aromatic carbocycles. The molecule has 0 fully saturated rings. The summed E-state index contributed by atoms with van der Waals surface area (Å²) in [5, 5.41) is 11.5. The highest BCUT2D eigenvalue weighted by molar-refractivity contribution is 5.83. The standard InChI is InChI=1S/C25H22F3N7O3/c1-34-19-11-14(3-8-17(19)31-20(34)9-10-36)21-23(37)35(15-4-6-16(38-2)7-5-15)22-18(32-21)12-29-24(33-22)30-13-25(26,27)28/h3-8,11-12,36H,9-10,13H2,1-2H3,(H,29,30,33). The van der Waals surface area contributed by atoms with Crippen molar-refractivity contribution in [1.82, 2.24) is 29.1 Å². The number of aliphatic hydroxyl groups is 1. The first-order chi connectivity index (χ1) is 18.2. The minimum atomic E-state index is -4.47. The van der Waals surface area contributed by atoms with Gasteiger partial charge in [-0.3, -0.25) is 9.36 Å². The van der Waals surface area contributed by atoms with Crippen molar-refractivity contribution in [3.63, 3.8) is 0 Å². The Morgan fingerprint density at radius 2 is 1.82 bits per heavy atom. The highest BCUT2D eigenvalue weighted by atomic mass is 19.4. The van der Waals surface area contributed by atoms with Crippen molar-refractivity contribution in [2.45, 2.75) is 12.6 Å². The molecule has 0 aliphatic heterocycles. The van der Waals surface area contributed by atoms with Gasteiger partial charge in [-0.15, -0.1) is 0 Å². The lowest BCUT2D eigenvalue weighted by molar-refractivity contribution is -0.115. The predicted octanol–water partition coefficient (Wildman–Crippen LogP) is 3.25. The maximum absolute atomic E-state index is 13.8. The molecule has 0 unspecified atom stereocenters. The van der Waals surface area contributed by atoms with Gasteiger partial charge in [0.15, 0.2) is 5.65 Å². The number of aromatic nitrogens is 6. The number of fused-ring (bicyclic) bond motifs is 2. The lowest BCUT2D eigenvalue weighted by Gasteiger charge is -2.14. The molecule has 38 heavy (non-hydrogen) atoms. The van der Waals surface area contributed by atoms with E-state index in [4.69, 9.17) is 4.74 Å². The number of anilines is 1.